The van der Waals surface area contributed by atoms with Gasteiger partial charge in [-0.05, 0) is 36.4 Å². The summed E-state index contributed by atoms with van der Waals surface area (Å²) in [5, 5.41) is 2.83. The van der Waals surface area contributed by atoms with Crippen molar-refractivity contribution in [3.63, 3.8) is 0 Å². The molecule has 1 atom stereocenters. The first-order valence-electron chi connectivity index (χ1n) is 9.79. The third kappa shape index (κ3) is 4.21. The molecule has 0 bridgehead atoms. The first-order valence-corrected chi connectivity index (χ1v) is 11.2. The van der Waals surface area contributed by atoms with Crippen molar-refractivity contribution in [3.05, 3.63) is 42.5 Å². The number of benzene rings is 2. The first-order chi connectivity index (χ1) is 14.8. The maximum absolute atomic E-state index is 12.7. The zero-order valence-corrected chi connectivity index (χ0v) is 18.0. The summed E-state index contributed by atoms with van der Waals surface area (Å²) in [6, 6.07) is 11.2. The highest BCUT2D eigenvalue weighted by atomic mass is 32.2. The van der Waals surface area contributed by atoms with Gasteiger partial charge in [-0.15, -0.1) is 0 Å². The average Bonchev–Trinajstić information content (AvgIpc) is 3.15. The van der Waals surface area contributed by atoms with Crippen LogP contribution in [0.4, 0.5) is 11.4 Å². The summed E-state index contributed by atoms with van der Waals surface area (Å²) in [7, 11) is -0.637. The fraction of sp³-hybridized carbons (Fsp3) is 0.333. The summed E-state index contributed by atoms with van der Waals surface area (Å²) < 4.78 is 36.5. The van der Waals surface area contributed by atoms with Crippen molar-refractivity contribution in [3.8, 4) is 11.5 Å². The molecule has 0 aromatic heterocycles. The summed E-state index contributed by atoms with van der Waals surface area (Å²) in [5.74, 6) is 0.225. The van der Waals surface area contributed by atoms with Crippen molar-refractivity contribution in [2.75, 3.05) is 44.1 Å². The number of rotatable bonds is 5. The Bertz CT molecular complexity index is 1110. The minimum Gasteiger partial charge on any atom is -0.486 e. The third-order valence-corrected chi connectivity index (χ3v) is 7.06. The van der Waals surface area contributed by atoms with Crippen LogP contribution in [0, 0.1) is 5.92 Å². The molecule has 1 saturated heterocycles. The lowest BCUT2D eigenvalue weighted by Gasteiger charge is -2.20. The van der Waals surface area contributed by atoms with E-state index in [2.05, 4.69) is 5.32 Å². The van der Waals surface area contributed by atoms with E-state index in [9.17, 15) is 18.0 Å². The quantitative estimate of drug-likeness (QED) is 0.751. The van der Waals surface area contributed by atoms with Crippen LogP contribution in [0.1, 0.15) is 6.42 Å². The molecule has 9 nitrogen and oxygen atoms in total. The smallest absolute Gasteiger partial charge is 0.242 e. The van der Waals surface area contributed by atoms with Crippen LogP contribution in [-0.2, 0) is 19.6 Å². The molecule has 0 spiro atoms. The Morgan fingerprint density at radius 3 is 2.42 bits per heavy atom. The molecule has 2 aromatic rings. The lowest BCUT2D eigenvalue weighted by Crippen LogP contribution is -2.28. The van der Waals surface area contributed by atoms with E-state index in [1.54, 1.807) is 30.3 Å². The Morgan fingerprint density at radius 1 is 1.06 bits per heavy atom. The van der Waals surface area contributed by atoms with Gasteiger partial charge in [-0.1, -0.05) is 0 Å². The van der Waals surface area contributed by atoms with Crippen LogP contribution in [0.5, 0.6) is 11.5 Å². The minimum absolute atomic E-state index is 0.0775. The SMILES string of the molecule is CN(C)S(=O)(=O)c1ccc(N2CC(C(=O)Nc3ccc4c(c3)OCCO4)CC2=O)cc1. The molecule has 0 radical (unpaired) electrons. The second-order valence-electron chi connectivity index (χ2n) is 7.53. The summed E-state index contributed by atoms with van der Waals surface area (Å²) in [6.07, 6.45) is 0.0775. The van der Waals surface area contributed by atoms with E-state index >= 15 is 0 Å². The predicted octanol–water partition coefficient (Wildman–Crippen LogP) is 1.70. The highest BCUT2D eigenvalue weighted by Gasteiger charge is 2.35. The van der Waals surface area contributed by atoms with E-state index in [4.69, 9.17) is 9.47 Å². The van der Waals surface area contributed by atoms with Gasteiger partial charge in [0.15, 0.2) is 11.5 Å². The second kappa shape index (κ2) is 8.20. The van der Waals surface area contributed by atoms with Crippen molar-refractivity contribution in [2.24, 2.45) is 5.92 Å². The van der Waals surface area contributed by atoms with Crippen LogP contribution in [0.3, 0.4) is 0 Å². The molecule has 0 aliphatic carbocycles. The largest absolute Gasteiger partial charge is 0.486 e. The molecular weight excluding hydrogens is 422 g/mol. The molecule has 1 N–H and O–H groups in total. The number of hydrogen-bond donors (Lipinski definition) is 1. The van der Waals surface area contributed by atoms with Crippen molar-refractivity contribution >= 4 is 33.2 Å². The average molecular weight is 445 g/mol. The lowest BCUT2D eigenvalue weighted by atomic mass is 10.1. The third-order valence-electron chi connectivity index (χ3n) is 5.23. The zero-order chi connectivity index (χ0) is 22.2. The second-order valence-corrected chi connectivity index (χ2v) is 9.69. The Balaban J connectivity index is 1.44. The van der Waals surface area contributed by atoms with Crippen molar-refractivity contribution in [1.29, 1.82) is 0 Å². The summed E-state index contributed by atoms with van der Waals surface area (Å²) in [4.78, 5) is 26.9. The zero-order valence-electron chi connectivity index (χ0n) is 17.2. The summed E-state index contributed by atoms with van der Waals surface area (Å²) in [6.45, 7) is 1.15. The number of nitrogens with zero attached hydrogens (tertiary/aromatic N) is 2. The van der Waals surface area contributed by atoms with Crippen LogP contribution < -0.4 is 19.7 Å². The fourth-order valence-electron chi connectivity index (χ4n) is 3.51. The van der Waals surface area contributed by atoms with E-state index in [0.717, 1.165) is 4.31 Å². The molecule has 164 valence electrons. The molecule has 31 heavy (non-hydrogen) atoms. The predicted molar refractivity (Wildman–Crippen MR) is 114 cm³/mol. The number of ether oxygens (including phenoxy) is 2. The Morgan fingerprint density at radius 2 is 1.74 bits per heavy atom. The van der Waals surface area contributed by atoms with Crippen LogP contribution in [0.15, 0.2) is 47.4 Å². The maximum Gasteiger partial charge on any atom is 0.242 e. The first kappa shape index (κ1) is 21.1. The number of nitrogens with one attached hydrogen (secondary N) is 1. The topological polar surface area (TPSA) is 105 Å². The summed E-state index contributed by atoms with van der Waals surface area (Å²) in [5.41, 5.74) is 1.12. The lowest BCUT2D eigenvalue weighted by molar-refractivity contribution is -0.122. The fourth-order valence-corrected chi connectivity index (χ4v) is 4.41. The van der Waals surface area contributed by atoms with E-state index in [1.165, 1.54) is 31.1 Å². The van der Waals surface area contributed by atoms with Gasteiger partial charge in [0.1, 0.15) is 13.2 Å². The molecule has 4 rings (SSSR count). The highest BCUT2D eigenvalue weighted by molar-refractivity contribution is 7.89. The number of carbonyl (C=O) groups excluding carboxylic acids is 2. The van der Waals surface area contributed by atoms with Crippen LogP contribution in [0.25, 0.3) is 0 Å². The molecule has 1 unspecified atom stereocenters. The van der Waals surface area contributed by atoms with E-state index in [0.29, 0.717) is 36.1 Å². The van der Waals surface area contributed by atoms with Gasteiger partial charge in [0.25, 0.3) is 0 Å². The molecule has 0 saturated carbocycles. The van der Waals surface area contributed by atoms with Gasteiger partial charge in [-0.2, -0.15) is 0 Å². The van der Waals surface area contributed by atoms with Gasteiger partial charge in [-0.25, -0.2) is 12.7 Å². The minimum atomic E-state index is -3.55. The Kier molecular flexibility index (Phi) is 5.59. The highest BCUT2D eigenvalue weighted by Crippen LogP contribution is 2.33. The molecule has 2 aliphatic heterocycles. The molecule has 2 heterocycles. The normalized spacial score (nSPS) is 18.4. The number of amides is 2. The van der Waals surface area contributed by atoms with Gasteiger partial charge in [-0.3, -0.25) is 9.59 Å². The van der Waals surface area contributed by atoms with Crippen molar-refractivity contribution in [2.45, 2.75) is 11.3 Å². The van der Waals surface area contributed by atoms with E-state index in [-0.39, 0.29) is 29.7 Å². The molecule has 2 amide bonds. The Hall–Kier alpha value is -3.11. The van der Waals surface area contributed by atoms with Crippen molar-refractivity contribution < 1.29 is 27.5 Å². The molecule has 2 aliphatic rings. The van der Waals surface area contributed by atoms with Gasteiger partial charge in [0, 0.05) is 44.5 Å². The monoisotopic (exact) mass is 445 g/mol. The van der Waals surface area contributed by atoms with Crippen molar-refractivity contribution in [1.82, 2.24) is 4.31 Å². The number of hydrogen-bond acceptors (Lipinski definition) is 6. The van der Waals surface area contributed by atoms with Crippen LogP contribution in [-0.4, -0.2) is 58.4 Å². The number of carbonyl (C=O) groups is 2. The molecule has 2 aromatic carbocycles. The molecular formula is C21H23N3O6S. The van der Waals surface area contributed by atoms with Crippen LogP contribution in [0.2, 0.25) is 0 Å². The Labute approximate surface area is 180 Å². The maximum atomic E-state index is 12.7. The summed E-state index contributed by atoms with van der Waals surface area (Å²) >= 11 is 0. The van der Waals surface area contributed by atoms with E-state index in [1.807, 2.05) is 0 Å². The van der Waals surface area contributed by atoms with Gasteiger partial charge in [0.2, 0.25) is 21.8 Å². The van der Waals surface area contributed by atoms with Gasteiger partial charge >= 0.3 is 0 Å². The number of sulfonamides is 1. The van der Waals surface area contributed by atoms with Gasteiger partial charge < -0.3 is 19.7 Å². The standard InChI is InChI=1S/C21H23N3O6S/c1-23(2)31(27,28)17-6-4-16(5-7-17)24-13-14(11-20(24)25)21(26)22-15-3-8-18-19(12-15)30-10-9-29-18/h3-8,12,14H,9-11,13H2,1-2H3,(H,22,26). The number of anilines is 2. The molecule has 1 fully saturated rings. The van der Waals surface area contributed by atoms with Crippen LogP contribution >= 0.6 is 0 Å². The van der Waals surface area contributed by atoms with Gasteiger partial charge in [0.05, 0.1) is 10.8 Å². The number of fused-ring (bicyclic) bond motifs is 1. The van der Waals surface area contributed by atoms with E-state index < -0.39 is 15.9 Å². The molecule has 10 heteroatoms.